The van der Waals surface area contributed by atoms with Crippen LogP contribution in [0.3, 0.4) is 0 Å². The van der Waals surface area contributed by atoms with Crippen LogP contribution in [0, 0.1) is 37.0 Å². The van der Waals surface area contributed by atoms with Crippen LogP contribution in [0.1, 0.15) is 38.3 Å². The standard InChI is InChI=1S/C17H24/c1-6-14(3)16(5)15(4)9-12-17-10-7-13(2)8-11-17/h1,7-8,10-11,14-16H,9,12H2,2-5H3. The fraction of sp³-hybridized carbons (Fsp3) is 0.529. The second-order valence-corrected chi connectivity index (χ2v) is 5.32. The van der Waals surface area contributed by atoms with Crippen LogP contribution in [-0.4, -0.2) is 0 Å². The quantitative estimate of drug-likeness (QED) is 0.652. The van der Waals surface area contributed by atoms with E-state index in [-0.39, 0.29) is 0 Å². The van der Waals surface area contributed by atoms with Crippen LogP contribution in [0.25, 0.3) is 0 Å². The van der Waals surface area contributed by atoms with Crippen LogP contribution < -0.4 is 0 Å². The van der Waals surface area contributed by atoms with Crippen LogP contribution in [0.5, 0.6) is 0 Å². The topological polar surface area (TPSA) is 0 Å². The molecule has 0 radical (unpaired) electrons. The van der Waals surface area contributed by atoms with Crippen molar-refractivity contribution in [1.82, 2.24) is 0 Å². The van der Waals surface area contributed by atoms with Gasteiger partial charge < -0.3 is 0 Å². The molecular formula is C17H24. The van der Waals surface area contributed by atoms with Gasteiger partial charge in [-0.15, -0.1) is 12.3 Å². The molecule has 17 heavy (non-hydrogen) atoms. The molecule has 1 rings (SSSR count). The highest BCUT2D eigenvalue weighted by Gasteiger charge is 2.17. The predicted molar refractivity (Wildman–Crippen MR) is 75.8 cm³/mol. The molecule has 0 fully saturated rings. The zero-order valence-electron chi connectivity index (χ0n) is 11.5. The van der Waals surface area contributed by atoms with Crippen LogP contribution in [0.4, 0.5) is 0 Å². The Labute approximate surface area is 106 Å². The Morgan fingerprint density at radius 2 is 1.71 bits per heavy atom. The summed E-state index contributed by atoms with van der Waals surface area (Å²) in [5.74, 6) is 4.51. The summed E-state index contributed by atoms with van der Waals surface area (Å²) in [7, 11) is 0. The van der Waals surface area contributed by atoms with Crippen molar-refractivity contribution >= 4 is 0 Å². The lowest BCUT2D eigenvalue weighted by atomic mass is 9.82. The second kappa shape index (κ2) is 6.50. The third kappa shape index (κ3) is 4.27. The average Bonchev–Trinajstić information content (AvgIpc) is 2.35. The molecule has 0 nitrogen and oxygen atoms in total. The first kappa shape index (κ1) is 13.8. The maximum absolute atomic E-state index is 5.48. The highest BCUT2D eigenvalue weighted by atomic mass is 14.2. The lowest BCUT2D eigenvalue weighted by Gasteiger charge is -2.22. The molecule has 0 bridgehead atoms. The zero-order valence-corrected chi connectivity index (χ0v) is 11.5. The minimum atomic E-state index is 0.378. The normalized spacial score (nSPS) is 15.9. The third-order valence-corrected chi connectivity index (χ3v) is 3.96. The molecule has 0 N–H and O–H groups in total. The van der Waals surface area contributed by atoms with E-state index < -0.39 is 0 Å². The van der Waals surface area contributed by atoms with Gasteiger partial charge in [0, 0.05) is 5.92 Å². The van der Waals surface area contributed by atoms with Crippen molar-refractivity contribution in [2.45, 2.75) is 40.5 Å². The monoisotopic (exact) mass is 228 g/mol. The maximum atomic E-state index is 5.48. The number of rotatable bonds is 5. The Balaban J connectivity index is 2.45. The fourth-order valence-corrected chi connectivity index (χ4v) is 2.06. The molecule has 3 atom stereocenters. The summed E-state index contributed by atoms with van der Waals surface area (Å²) in [4.78, 5) is 0. The average molecular weight is 228 g/mol. The summed E-state index contributed by atoms with van der Waals surface area (Å²) in [5.41, 5.74) is 2.76. The number of hydrogen-bond donors (Lipinski definition) is 0. The van der Waals surface area contributed by atoms with E-state index in [1.165, 1.54) is 17.5 Å². The largest absolute Gasteiger partial charge is 0.120 e. The number of terminal acetylenes is 1. The number of hydrogen-bond acceptors (Lipinski definition) is 0. The third-order valence-electron chi connectivity index (χ3n) is 3.96. The van der Waals surface area contributed by atoms with E-state index in [1.807, 2.05) is 0 Å². The van der Waals surface area contributed by atoms with Gasteiger partial charge in [-0.2, -0.15) is 0 Å². The lowest BCUT2D eigenvalue weighted by Crippen LogP contribution is -2.16. The molecular weight excluding hydrogens is 204 g/mol. The van der Waals surface area contributed by atoms with Crippen molar-refractivity contribution in [2.75, 3.05) is 0 Å². The second-order valence-electron chi connectivity index (χ2n) is 5.32. The molecule has 0 aliphatic rings. The van der Waals surface area contributed by atoms with Crippen LogP contribution in [0.2, 0.25) is 0 Å². The van der Waals surface area contributed by atoms with E-state index in [0.717, 1.165) is 6.42 Å². The van der Waals surface area contributed by atoms with Gasteiger partial charge in [-0.25, -0.2) is 0 Å². The summed E-state index contributed by atoms with van der Waals surface area (Å²) in [6.45, 7) is 8.85. The van der Waals surface area contributed by atoms with Gasteiger partial charge in [0.1, 0.15) is 0 Å². The van der Waals surface area contributed by atoms with Crippen molar-refractivity contribution in [3.8, 4) is 12.3 Å². The molecule has 0 heterocycles. The zero-order chi connectivity index (χ0) is 12.8. The molecule has 0 saturated heterocycles. The highest BCUT2D eigenvalue weighted by molar-refractivity contribution is 5.21. The Bertz CT molecular complexity index is 366. The van der Waals surface area contributed by atoms with Gasteiger partial charge in [0.15, 0.2) is 0 Å². The van der Waals surface area contributed by atoms with Crippen molar-refractivity contribution in [3.63, 3.8) is 0 Å². The predicted octanol–water partition coefficient (Wildman–Crippen LogP) is 4.47. The van der Waals surface area contributed by atoms with Gasteiger partial charge in [-0.3, -0.25) is 0 Å². The van der Waals surface area contributed by atoms with Crippen LogP contribution >= 0.6 is 0 Å². The first-order valence-electron chi connectivity index (χ1n) is 6.56. The number of aryl methyl sites for hydroxylation is 2. The first-order chi connectivity index (χ1) is 8.04. The molecule has 3 unspecified atom stereocenters. The number of benzene rings is 1. The molecule has 92 valence electrons. The van der Waals surface area contributed by atoms with E-state index in [1.54, 1.807) is 0 Å². The Hall–Kier alpha value is -1.22. The Kier molecular flexibility index (Phi) is 5.29. The van der Waals surface area contributed by atoms with Gasteiger partial charge >= 0.3 is 0 Å². The molecule has 0 amide bonds. The van der Waals surface area contributed by atoms with Crippen molar-refractivity contribution < 1.29 is 0 Å². The van der Waals surface area contributed by atoms with Gasteiger partial charge in [-0.05, 0) is 37.2 Å². The van der Waals surface area contributed by atoms with Crippen molar-refractivity contribution in [2.24, 2.45) is 17.8 Å². The van der Waals surface area contributed by atoms with E-state index in [2.05, 4.69) is 57.9 Å². The molecule has 0 aliphatic carbocycles. The van der Waals surface area contributed by atoms with Gasteiger partial charge in [0.05, 0.1) is 0 Å². The minimum Gasteiger partial charge on any atom is -0.120 e. The van der Waals surface area contributed by atoms with Crippen molar-refractivity contribution in [1.29, 1.82) is 0 Å². The summed E-state index contributed by atoms with van der Waals surface area (Å²) < 4.78 is 0. The lowest BCUT2D eigenvalue weighted by molar-refractivity contribution is 0.310. The smallest absolute Gasteiger partial charge is 0.0200 e. The summed E-state index contributed by atoms with van der Waals surface area (Å²) >= 11 is 0. The van der Waals surface area contributed by atoms with Gasteiger partial charge in [-0.1, -0.05) is 50.6 Å². The summed E-state index contributed by atoms with van der Waals surface area (Å²) in [6, 6.07) is 8.84. The molecule has 1 aromatic carbocycles. The van der Waals surface area contributed by atoms with Crippen LogP contribution in [-0.2, 0) is 6.42 Å². The van der Waals surface area contributed by atoms with Gasteiger partial charge in [0.25, 0.3) is 0 Å². The van der Waals surface area contributed by atoms with Gasteiger partial charge in [0.2, 0.25) is 0 Å². The molecule has 0 aromatic heterocycles. The van der Waals surface area contributed by atoms with E-state index in [4.69, 9.17) is 6.42 Å². The van der Waals surface area contributed by atoms with E-state index in [9.17, 15) is 0 Å². The van der Waals surface area contributed by atoms with Crippen LogP contribution in [0.15, 0.2) is 24.3 Å². The van der Waals surface area contributed by atoms with Crippen molar-refractivity contribution in [3.05, 3.63) is 35.4 Å². The minimum absolute atomic E-state index is 0.378. The Morgan fingerprint density at radius 1 is 1.12 bits per heavy atom. The van der Waals surface area contributed by atoms with E-state index in [0.29, 0.717) is 17.8 Å². The molecule has 0 spiro atoms. The molecule has 1 aromatic rings. The first-order valence-corrected chi connectivity index (χ1v) is 6.56. The molecule has 0 heteroatoms. The molecule has 0 saturated carbocycles. The Morgan fingerprint density at radius 3 is 2.24 bits per heavy atom. The summed E-state index contributed by atoms with van der Waals surface area (Å²) in [5, 5.41) is 0. The highest BCUT2D eigenvalue weighted by Crippen LogP contribution is 2.24. The van der Waals surface area contributed by atoms with E-state index >= 15 is 0 Å². The SMILES string of the molecule is C#CC(C)C(C)C(C)CCc1ccc(C)cc1. The summed E-state index contributed by atoms with van der Waals surface area (Å²) in [6.07, 6.45) is 7.86. The maximum Gasteiger partial charge on any atom is 0.0200 e. The fourth-order valence-electron chi connectivity index (χ4n) is 2.06. The molecule has 0 aliphatic heterocycles.